The minimum absolute atomic E-state index is 0.331. The van der Waals surface area contributed by atoms with Crippen LogP contribution >= 0.6 is 11.3 Å². The van der Waals surface area contributed by atoms with Gasteiger partial charge in [-0.2, -0.15) is 0 Å². The molecule has 0 radical (unpaired) electrons. The molecule has 0 bridgehead atoms. The summed E-state index contributed by atoms with van der Waals surface area (Å²) in [7, 11) is 0. The first-order valence-electron chi connectivity index (χ1n) is 7.53. The molecule has 2 fully saturated rings. The van der Waals surface area contributed by atoms with Crippen LogP contribution in [-0.2, 0) is 13.0 Å². The molecule has 4 heteroatoms. The van der Waals surface area contributed by atoms with Crippen LogP contribution in [0, 0.1) is 5.92 Å². The lowest BCUT2D eigenvalue weighted by Gasteiger charge is -2.45. The first kappa shape index (κ1) is 13.5. The number of aryl methyl sites for hydroxylation is 1. The van der Waals surface area contributed by atoms with Gasteiger partial charge in [-0.15, -0.1) is 11.3 Å². The van der Waals surface area contributed by atoms with Crippen molar-refractivity contribution in [3.63, 3.8) is 0 Å². The molecule has 106 valence electrons. The van der Waals surface area contributed by atoms with Gasteiger partial charge in [0.05, 0.1) is 6.54 Å². The predicted octanol–water partition coefficient (Wildman–Crippen LogP) is 2.67. The molecule has 1 aromatic rings. The Bertz CT molecular complexity index is 440. The topological polar surface area (TPSA) is 28.2 Å². The lowest BCUT2D eigenvalue weighted by molar-refractivity contribution is 0.0770. The van der Waals surface area contributed by atoms with Crippen LogP contribution in [0.25, 0.3) is 0 Å². The van der Waals surface area contributed by atoms with Crippen LogP contribution in [0.4, 0.5) is 0 Å². The molecule has 1 saturated heterocycles. The molecule has 0 amide bonds. The van der Waals surface area contributed by atoms with Crippen molar-refractivity contribution in [1.29, 1.82) is 0 Å². The van der Waals surface area contributed by atoms with E-state index in [1.807, 2.05) is 17.5 Å². The smallest absolute Gasteiger partial charge is 0.107 e. The third-order valence-electron chi connectivity index (χ3n) is 4.72. The molecular weight excluding hydrogens is 254 g/mol. The van der Waals surface area contributed by atoms with Gasteiger partial charge in [0.2, 0.25) is 0 Å². The monoisotopic (exact) mass is 279 g/mol. The molecular formula is C15H25N3S. The zero-order valence-electron chi connectivity index (χ0n) is 12.3. The van der Waals surface area contributed by atoms with Crippen molar-refractivity contribution in [3.05, 3.63) is 16.1 Å². The number of rotatable bonds is 4. The molecule has 1 N–H and O–H groups in total. The molecule has 1 aromatic heterocycles. The maximum atomic E-state index is 4.58. The average Bonchev–Trinajstić information content (AvgIpc) is 3.16. The van der Waals surface area contributed by atoms with E-state index in [1.54, 1.807) is 0 Å². The fraction of sp³-hybridized carbons (Fsp3) is 0.800. The lowest BCUT2D eigenvalue weighted by Crippen LogP contribution is -2.62. The van der Waals surface area contributed by atoms with Gasteiger partial charge in [0.1, 0.15) is 5.01 Å². The summed E-state index contributed by atoms with van der Waals surface area (Å²) in [4.78, 5) is 8.60. The number of hydrogen-bond acceptors (Lipinski definition) is 4. The molecule has 2 heterocycles. The first-order chi connectivity index (χ1) is 9.10. The predicted molar refractivity (Wildman–Crippen MR) is 80.5 cm³/mol. The third-order valence-corrected chi connectivity index (χ3v) is 5.85. The second kappa shape index (κ2) is 5.15. The van der Waals surface area contributed by atoms with Crippen molar-refractivity contribution in [2.24, 2.45) is 5.92 Å². The summed E-state index contributed by atoms with van der Waals surface area (Å²) < 4.78 is 0. The molecule has 3 nitrogen and oxygen atoms in total. The van der Waals surface area contributed by atoms with E-state index in [9.17, 15) is 0 Å². The third kappa shape index (κ3) is 2.86. The quantitative estimate of drug-likeness (QED) is 0.918. The van der Waals surface area contributed by atoms with Crippen LogP contribution in [0.5, 0.6) is 0 Å². The lowest BCUT2D eigenvalue weighted by atomic mass is 9.91. The Labute approximate surface area is 120 Å². The standard InChI is InChI=1S/C15H25N3S/c1-4-13-8-16-14(19-13)9-18-10-15(3,12-5-6-12)17-7-11(18)2/h8,11-12,17H,4-7,9-10H2,1-3H3. The van der Waals surface area contributed by atoms with Crippen molar-refractivity contribution >= 4 is 11.3 Å². The van der Waals surface area contributed by atoms with E-state index in [1.165, 1.54) is 29.3 Å². The van der Waals surface area contributed by atoms with Crippen LogP contribution in [0.1, 0.15) is 43.5 Å². The van der Waals surface area contributed by atoms with E-state index in [-0.39, 0.29) is 0 Å². The maximum Gasteiger partial charge on any atom is 0.107 e. The summed E-state index contributed by atoms with van der Waals surface area (Å²) >= 11 is 1.88. The Morgan fingerprint density at radius 1 is 1.53 bits per heavy atom. The van der Waals surface area contributed by atoms with E-state index in [4.69, 9.17) is 0 Å². The van der Waals surface area contributed by atoms with Gasteiger partial charge in [0.25, 0.3) is 0 Å². The number of aromatic nitrogens is 1. The largest absolute Gasteiger partial charge is 0.308 e. The van der Waals surface area contributed by atoms with Gasteiger partial charge in [-0.3, -0.25) is 4.90 Å². The molecule has 19 heavy (non-hydrogen) atoms. The Balaban J connectivity index is 1.67. The van der Waals surface area contributed by atoms with Crippen LogP contribution in [0.3, 0.4) is 0 Å². The van der Waals surface area contributed by atoms with Gasteiger partial charge >= 0.3 is 0 Å². The van der Waals surface area contributed by atoms with E-state index in [2.05, 4.69) is 36.0 Å². The number of nitrogens with zero attached hydrogens (tertiary/aromatic N) is 2. The fourth-order valence-electron chi connectivity index (χ4n) is 3.11. The van der Waals surface area contributed by atoms with Crippen LogP contribution < -0.4 is 5.32 Å². The summed E-state index contributed by atoms with van der Waals surface area (Å²) in [5, 5.41) is 5.06. The molecule has 1 aliphatic carbocycles. The highest BCUT2D eigenvalue weighted by molar-refractivity contribution is 7.11. The first-order valence-corrected chi connectivity index (χ1v) is 8.35. The molecule has 2 aliphatic rings. The Morgan fingerprint density at radius 2 is 2.32 bits per heavy atom. The van der Waals surface area contributed by atoms with Gasteiger partial charge < -0.3 is 5.32 Å². The fourth-order valence-corrected chi connectivity index (χ4v) is 4.00. The minimum atomic E-state index is 0.331. The zero-order valence-corrected chi connectivity index (χ0v) is 13.1. The Hall–Kier alpha value is -0.450. The normalized spacial score (nSPS) is 32.7. The van der Waals surface area contributed by atoms with Crippen LogP contribution in [0.2, 0.25) is 0 Å². The molecule has 3 rings (SSSR count). The maximum absolute atomic E-state index is 4.58. The Kier molecular flexibility index (Phi) is 3.67. The molecule has 0 aromatic carbocycles. The minimum Gasteiger partial charge on any atom is -0.308 e. The van der Waals surface area contributed by atoms with Gasteiger partial charge in [-0.05, 0) is 39.0 Å². The second-order valence-electron chi connectivity index (χ2n) is 6.40. The molecule has 1 aliphatic heterocycles. The molecule has 0 spiro atoms. The number of nitrogens with one attached hydrogen (secondary N) is 1. The molecule has 1 saturated carbocycles. The van der Waals surface area contributed by atoms with Crippen molar-refractivity contribution in [2.75, 3.05) is 13.1 Å². The number of hydrogen-bond donors (Lipinski definition) is 1. The van der Waals surface area contributed by atoms with Crippen molar-refractivity contribution in [3.8, 4) is 0 Å². The summed E-state index contributed by atoms with van der Waals surface area (Å²) in [5.41, 5.74) is 0.331. The van der Waals surface area contributed by atoms with E-state index in [0.29, 0.717) is 11.6 Å². The van der Waals surface area contributed by atoms with Crippen LogP contribution in [-0.4, -0.2) is 34.6 Å². The molecule has 2 atom stereocenters. The van der Waals surface area contributed by atoms with E-state index >= 15 is 0 Å². The zero-order chi connectivity index (χ0) is 13.5. The van der Waals surface area contributed by atoms with Gasteiger partial charge in [0, 0.05) is 35.7 Å². The SMILES string of the molecule is CCc1cnc(CN2CC(C)(C3CC3)NCC2C)s1. The van der Waals surface area contributed by atoms with Gasteiger partial charge in [-0.25, -0.2) is 4.98 Å². The summed E-state index contributed by atoms with van der Waals surface area (Å²) in [6.07, 6.45) is 5.97. The number of thiazole rings is 1. The van der Waals surface area contributed by atoms with Crippen molar-refractivity contribution < 1.29 is 0 Å². The second-order valence-corrected chi connectivity index (χ2v) is 7.60. The van der Waals surface area contributed by atoms with Crippen molar-refractivity contribution in [1.82, 2.24) is 15.2 Å². The van der Waals surface area contributed by atoms with E-state index < -0.39 is 0 Å². The summed E-state index contributed by atoms with van der Waals surface area (Å²) in [6, 6.07) is 0.612. The highest BCUT2D eigenvalue weighted by atomic mass is 32.1. The van der Waals surface area contributed by atoms with Gasteiger partial charge in [0.15, 0.2) is 0 Å². The van der Waals surface area contributed by atoms with E-state index in [0.717, 1.165) is 25.4 Å². The summed E-state index contributed by atoms with van der Waals surface area (Å²) in [5.74, 6) is 0.894. The molecule has 2 unspecified atom stereocenters. The number of piperazine rings is 1. The highest BCUT2D eigenvalue weighted by Gasteiger charge is 2.45. The van der Waals surface area contributed by atoms with Crippen molar-refractivity contribution in [2.45, 2.75) is 58.2 Å². The van der Waals surface area contributed by atoms with Crippen LogP contribution in [0.15, 0.2) is 6.20 Å². The Morgan fingerprint density at radius 3 is 2.95 bits per heavy atom. The van der Waals surface area contributed by atoms with Gasteiger partial charge in [-0.1, -0.05) is 6.92 Å². The summed E-state index contributed by atoms with van der Waals surface area (Å²) in [6.45, 7) is 10.2. The highest BCUT2D eigenvalue weighted by Crippen LogP contribution is 2.41. The average molecular weight is 279 g/mol.